The van der Waals surface area contributed by atoms with Crippen LogP contribution in [-0.4, -0.2) is 49.4 Å². The third-order valence-electron chi connectivity index (χ3n) is 4.28. The number of carbonyl (C=O) groups excluding carboxylic acids is 2. The molecule has 1 atom stereocenters. The number of nitrogens with one attached hydrogen (secondary N) is 2. The summed E-state index contributed by atoms with van der Waals surface area (Å²) >= 11 is 0. The molecule has 0 radical (unpaired) electrons. The Labute approximate surface area is 115 Å². The van der Waals surface area contributed by atoms with Crippen LogP contribution in [0.2, 0.25) is 0 Å². The van der Waals surface area contributed by atoms with Crippen molar-refractivity contribution in [3.05, 3.63) is 0 Å². The number of likely N-dealkylation sites (tertiary alicyclic amines) is 1. The first-order chi connectivity index (χ1) is 9.18. The fourth-order valence-electron chi connectivity index (χ4n) is 2.63. The van der Waals surface area contributed by atoms with E-state index in [1.807, 2.05) is 11.8 Å². The van der Waals surface area contributed by atoms with E-state index in [0.717, 1.165) is 39.0 Å². The number of piperidine rings is 1. The van der Waals surface area contributed by atoms with Crippen LogP contribution in [0.5, 0.6) is 0 Å². The molecule has 0 aromatic rings. The molecule has 2 aliphatic rings. The molecule has 2 fully saturated rings. The monoisotopic (exact) mass is 267 g/mol. The molecule has 5 nitrogen and oxygen atoms in total. The molecule has 0 saturated carbocycles. The van der Waals surface area contributed by atoms with Gasteiger partial charge in [0.25, 0.3) is 0 Å². The van der Waals surface area contributed by atoms with E-state index in [0.29, 0.717) is 18.9 Å². The lowest BCUT2D eigenvalue weighted by molar-refractivity contribution is -0.132. The van der Waals surface area contributed by atoms with Gasteiger partial charge in [-0.1, -0.05) is 6.92 Å². The van der Waals surface area contributed by atoms with Crippen LogP contribution in [0.15, 0.2) is 0 Å². The molecular weight excluding hydrogens is 242 g/mol. The van der Waals surface area contributed by atoms with Crippen molar-refractivity contribution < 1.29 is 9.59 Å². The number of nitrogens with zero attached hydrogens (tertiary/aromatic N) is 1. The van der Waals surface area contributed by atoms with Gasteiger partial charge in [0.05, 0.1) is 0 Å². The SMILES string of the molecule is CC(C(=O)NCCC(=O)N1CCCCC1)C1CNC1. The zero-order valence-corrected chi connectivity index (χ0v) is 11.8. The largest absolute Gasteiger partial charge is 0.355 e. The van der Waals surface area contributed by atoms with Gasteiger partial charge in [-0.25, -0.2) is 0 Å². The lowest BCUT2D eigenvalue weighted by Crippen LogP contribution is -2.50. The lowest BCUT2D eigenvalue weighted by atomic mass is 9.88. The Morgan fingerprint density at radius 1 is 1.26 bits per heavy atom. The van der Waals surface area contributed by atoms with Crippen LogP contribution in [-0.2, 0) is 9.59 Å². The quantitative estimate of drug-likeness (QED) is 0.756. The first-order valence-electron chi connectivity index (χ1n) is 7.44. The number of hydrogen-bond donors (Lipinski definition) is 2. The van der Waals surface area contributed by atoms with Gasteiger partial charge in [-0.3, -0.25) is 9.59 Å². The Morgan fingerprint density at radius 2 is 1.95 bits per heavy atom. The highest BCUT2D eigenvalue weighted by Gasteiger charge is 2.28. The van der Waals surface area contributed by atoms with Crippen molar-refractivity contribution in [2.45, 2.75) is 32.6 Å². The third-order valence-corrected chi connectivity index (χ3v) is 4.28. The van der Waals surface area contributed by atoms with Gasteiger partial charge in [-0.15, -0.1) is 0 Å². The van der Waals surface area contributed by atoms with Gasteiger partial charge in [-0.05, 0) is 38.3 Å². The van der Waals surface area contributed by atoms with E-state index in [9.17, 15) is 9.59 Å². The van der Waals surface area contributed by atoms with Crippen molar-refractivity contribution in [2.75, 3.05) is 32.7 Å². The number of carbonyl (C=O) groups is 2. The standard InChI is InChI=1S/C14H25N3O2/c1-11(12-9-15-10-12)14(19)16-6-5-13(18)17-7-3-2-4-8-17/h11-12,15H,2-10H2,1H3,(H,16,19). The highest BCUT2D eigenvalue weighted by molar-refractivity contribution is 5.80. The van der Waals surface area contributed by atoms with Crippen LogP contribution in [0.3, 0.4) is 0 Å². The molecule has 2 amide bonds. The minimum atomic E-state index is 0.0475. The average Bonchev–Trinajstić information content (AvgIpc) is 2.37. The molecule has 0 aromatic carbocycles. The molecule has 0 aromatic heterocycles. The second kappa shape index (κ2) is 6.89. The molecule has 2 saturated heterocycles. The van der Waals surface area contributed by atoms with Crippen LogP contribution in [0.4, 0.5) is 0 Å². The van der Waals surface area contributed by atoms with Crippen molar-refractivity contribution in [3.8, 4) is 0 Å². The van der Waals surface area contributed by atoms with Crippen molar-refractivity contribution in [1.29, 1.82) is 0 Å². The highest BCUT2D eigenvalue weighted by Crippen LogP contribution is 2.15. The molecule has 2 aliphatic heterocycles. The minimum absolute atomic E-state index is 0.0475. The van der Waals surface area contributed by atoms with Gasteiger partial charge >= 0.3 is 0 Å². The third kappa shape index (κ3) is 3.93. The van der Waals surface area contributed by atoms with Crippen molar-refractivity contribution in [1.82, 2.24) is 15.5 Å². The van der Waals surface area contributed by atoms with Gasteiger partial charge in [0.1, 0.15) is 0 Å². The normalized spacial score (nSPS) is 21.6. The Hall–Kier alpha value is -1.10. The molecular formula is C14H25N3O2. The molecule has 19 heavy (non-hydrogen) atoms. The number of amides is 2. The summed E-state index contributed by atoms with van der Waals surface area (Å²) in [6, 6.07) is 0. The summed E-state index contributed by atoms with van der Waals surface area (Å²) in [5, 5.41) is 6.06. The number of hydrogen-bond acceptors (Lipinski definition) is 3. The zero-order valence-electron chi connectivity index (χ0n) is 11.8. The maximum atomic E-state index is 11.9. The zero-order chi connectivity index (χ0) is 13.7. The maximum absolute atomic E-state index is 11.9. The average molecular weight is 267 g/mol. The molecule has 2 N–H and O–H groups in total. The summed E-state index contributed by atoms with van der Waals surface area (Å²) in [5.74, 6) is 0.764. The molecule has 2 heterocycles. The molecule has 0 aliphatic carbocycles. The van der Waals surface area contributed by atoms with E-state index in [1.165, 1.54) is 6.42 Å². The van der Waals surface area contributed by atoms with Crippen LogP contribution in [0.1, 0.15) is 32.6 Å². The van der Waals surface area contributed by atoms with E-state index < -0.39 is 0 Å². The second-order valence-electron chi connectivity index (χ2n) is 5.69. The molecule has 1 unspecified atom stereocenters. The summed E-state index contributed by atoms with van der Waals surface area (Å²) in [4.78, 5) is 25.7. The van der Waals surface area contributed by atoms with Crippen LogP contribution in [0, 0.1) is 11.8 Å². The van der Waals surface area contributed by atoms with Crippen molar-refractivity contribution in [2.24, 2.45) is 11.8 Å². The Morgan fingerprint density at radius 3 is 2.53 bits per heavy atom. The Balaban J connectivity index is 1.62. The molecule has 108 valence electrons. The Kier molecular flexibility index (Phi) is 5.19. The Bertz CT molecular complexity index is 309. The minimum Gasteiger partial charge on any atom is -0.355 e. The smallest absolute Gasteiger partial charge is 0.224 e. The van der Waals surface area contributed by atoms with Crippen molar-refractivity contribution in [3.63, 3.8) is 0 Å². The van der Waals surface area contributed by atoms with Crippen molar-refractivity contribution >= 4 is 11.8 Å². The summed E-state index contributed by atoms with van der Waals surface area (Å²) in [5.41, 5.74) is 0. The van der Waals surface area contributed by atoms with Crippen LogP contribution < -0.4 is 10.6 Å². The van der Waals surface area contributed by atoms with E-state index >= 15 is 0 Å². The van der Waals surface area contributed by atoms with E-state index in [1.54, 1.807) is 0 Å². The fourth-order valence-corrected chi connectivity index (χ4v) is 2.63. The molecule has 5 heteroatoms. The van der Waals surface area contributed by atoms with Gasteiger partial charge in [0, 0.05) is 32.0 Å². The first-order valence-corrected chi connectivity index (χ1v) is 7.44. The van der Waals surface area contributed by atoms with E-state index in [2.05, 4.69) is 10.6 Å². The second-order valence-corrected chi connectivity index (χ2v) is 5.69. The summed E-state index contributed by atoms with van der Waals surface area (Å²) in [7, 11) is 0. The highest BCUT2D eigenvalue weighted by atomic mass is 16.2. The number of rotatable bonds is 5. The maximum Gasteiger partial charge on any atom is 0.224 e. The predicted molar refractivity (Wildman–Crippen MR) is 73.6 cm³/mol. The molecule has 0 spiro atoms. The molecule has 0 bridgehead atoms. The summed E-state index contributed by atoms with van der Waals surface area (Å²) < 4.78 is 0. The lowest BCUT2D eigenvalue weighted by Gasteiger charge is -2.31. The van der Waals surface area contributed by atoms with Gasteiger partial charge < -0.3 is 15.5 Å². The van der Waals surface area contributed by atoms with Gasteiger partial charge in [0.15, 0.2) is 0 Å². The molecule has 2 rings (SSSR count). The fraction of sp³-hybridized carbons (Fsp3) is 0.857. The topological polar surface area (TPSA) is 61.4 Å². The van der Waals surface area contributed by atoms with E-state index in [-0.39, 0.29) is 17.7 Å². The predicted octanol–water partition coefficient (Wildman–Crippen LogP) is 0.361. The summed E-state index contributed by atoms with van der Waals surface area (Å²) in [6.07, 6.45) is 3.89. The summed E-state index contributed by atoms with van der Waals surface area (Å²) in [6.45, 7) is 6.07. The van der Waals surface area contributed by atoms with Crippen LogP contribution in [0.25, 0.3) is 0 Å². The first kappa shape index (κ1) is 14.3. The van der Waals surface area contributed by atoms with E-state index in [4.69, 9.17) is 0 Å². The van der Waals surface area contributed by atoms with Gasteiger partial charge in [-0.2, -0.15) is 0 Å². The van der Waals surface area contributed by atoms with Gasteiger partial charge in [0.2, 0.25) is 11.8 Å². The van der Waals surface area contributed by atoms with Crippen LogP contribution >= 0.6 is 0 Å².